The van der Waals surface area contributed by atoms with Crippen molar-refractivity contribution < 1.29 is 8.42 Å². The molecule has 7 heteroatoms. The van der Waals surface area contributed by atoms with Crippen LogP contribution in [0.1, 0.15) is 52.4 Å². The van der Waals surface area contributed by atoms with Gasteiger partial charge in [-0.2, -0.15) is 17.4 Å². The van der Waals surface area contributed by atoms with E-state index in [-0.39, 0.29) is 24.5 Å². The molecule has 1 aliphatic carbocycles. The van der Waals surface area contributed by atoms with Crippen LogP contribution < -0.4 is 10.5 Å². The Balaban J connectivity index is 0.00000361. The van der Waals surface area contributed by atoms with Crippen molar-refractivity contribution in [3.05, 3.63) is 0 Å². The Bertz CT molecular complexity index is 357. The van der Waals surface area contributed by atoms with Gasteiger partial charge in [0.05, 0.1) is 0 Å². The molecule has 0 aromatic rings. The third kappa shape index (κ3) is 6.26. The number of rotatable bonds is 7. The summed E-state index contributed by atoms with van der Waals surface area (Å²) in [4.78, 5) is 0. The predicted octanol–water partition coefficient (Wildman–Crippen LogP) is 1.88. The molecule has 0 saturated heterocycles. The second-order valence-corrected chi connectivity index (χ2v) is 7.75. The zero-order chi connectivity index (χ0) is 14.5. The lowest BCUT2D eigenvalue weighted by Crippen LogP contribution is -2.50. The number of nitrogens with two attached hydrogens (primary N) is 1. The average molecular weight is 328 g/mol. The average Bonchev–Trinajstić information content (AvgIpc) is 2.37. The lowest BCUT2D eigenvalue weighted by atomic mass is 9.96. The topological polar surface area (TPSA) is 75.4 Å². The van der Waals surface area contributed by atoms with Gasteiger partial charge in [-0.05, 0) is 25.2 Å². The SMILES string of the molecule is CC(C)CC(CN)NS(=O)(=O)N(C)C1CCCCC1.Cl. The van der Waals surface area contributed by atoms with Gasteiger partial charge in [-0.3, -0.25) is 0 Å². The zero-order valence-corrected chi connectivity index (χ0v) is 14.5. The van der Waals surface area contributed by atoms with Crippen LogP contribution in [0.5, 0.6) is 0 Å². The molecule has 1 atom stereocenters. The van der Waals surface area contributed by atoms with Crippen LogP contribution in [0.2, 0.25) is 0 Å². The highest BCUT2D eigenvalue weighted by Crippen LogP contribution is 2.23. The number of hydrogen-bond donors (Lipinski definition) is 2. The highest BCUT2D eigenvalue weighted by atomic mass is 35.5. The molecular weight excluding hydrogens is 298 g/mol. The summed E-state index contributed by atoms with van der Waals surface area (Å²) < 4.78 is 28.9. The zero-order valence-electron chi connectivity index (χ0n) is 12.8. The molecule has 0 aromatic heterocycles. The molecule has 5 nitrogen and oxygen atoms in total. The van der Waals surface area contributed by atoms with Crippen LogP contribution in [0.3, 0.4) is 0 Å². The first-order valence-corrected chi connectivity index (χ1v) is 8.76. The molecule has 3 N–H and O–H groups in total. The van der Waals surface area contributed by atoms with Gasteiger partial charge in [-0.25, -0.2) is 0 Å². The van der Waals surface area contributed by atoms with Crippen molar-refractivity contribution >= 4 is 22.6 Å². The van der Waals surface area contributed by atoms with Crippen molar-refractivity contribution in [2.45, 2.75) is 64.5 Å². The predicted molar refractivity (Wildman–Crippen MR) is 86.2 cm³/mol. The highest BCUT2D eigenvalue weighted by molar-refractivity contribution is 7.87. The molecule has 0 amide bonds. The van der Waals surface area contributed by atoms with Crippen molar-refractivity contribution in [1.82, 2.24) is 9.03 Å². The third-order valence-electron chi connectivity index (χ3n) is 3.82. The fourth-order valence-electron chi connectivity index (χ4n) is 2.70. The molecule has 0 heterocycles. The largest absolute Gasteiger partial charge is 0.329 e. The molecule has 0 radical (unpaired) electrons. The second-order valence-electron chi connectivity index (χ2n) is 5.99. The van der Waals surface area contributed by atoms with Gasteiger partial charge in [0.1, 0.15) is 0 Å². The molecule has 20 heavy (non-hydrogen) atoms. The fraction of sp³-hybridized carbons (Fsp3) is 1.00. The fourth-order valence-corrected chi connectivity index (χ4v) is 4.08. The number of nitrogens with zero attached hydrogens (tertiary/aromatic N) is 1. The van der Waals surface area contributed by atoms with Gasteiger partial charge in [0.15, 0.2) is 0 Å². The first-order valence-electron chi connectivity index (χ1n) is 7.32. The van der Waals surface area contributed by atoms with Gasteiger partial charge in [0, 0.05) is 25.7 Å². The summed E-state index contributed by atoms with van der Waals surface area (Å²) in [5.74, 6) is 0.427. The summed E-state index contributed by atoms with van der Waals surface area (Å²) in [6.45, 7) is 4.49. The summed E-state index contributed by atoms with van der Waals surface area (Å²) in [6.07, 6.45) is 6.17. The summed E-state index contributed by atoms with van der Waals surface area (Å²) in [7, 11) is -1.73. The first kappa shape index (κ1) is 20.1. The Morgan fingerprint density at radius 2 is 1.80 bits per heavy atom. The van der Waals surface area contributed by atoms with Crippen LogP contribution in [0.15, 0.2) is 0 Å². The van der Waals surface area contributed by atoms with Gasteiger partial charge in [-0.1, -0.05) is 33.1 Å². The maximum atomic E-state index is 12.3. The smallest absolute Gasteiger partial charge is 0.279 e. The molecule has 0 spiro atoms. The van der Waals surface area contributed by atoms with Crippen LogP contribution in [0.25, 0.3) is 0 Å². The van der Waals surface area contributed by atoms with E-state index in [1.807, 2.05) is 0 Å². The van der Waals surface area contributed by atoms with Crippen LogP contribution >= 0.6 is 12.4 Å². The summed E-state index contributed by atoms with van der Waals surface area (Å²) in [6, 6.07) is -0.0280. The lowest BCUT2D eigenvalue weighted by molar-refractivity contribution is 0.280. The Labute approximate surface area is 130 Å². The van der Waals surface area contributed by atoms with E-state index >= 15 is 0 Å². The van der Waals surface area contributed by atoms with E-state index in [0.29, 0.717) is 12.5 Å². The van der Waals surface area contributed by atoms with Gasteiger partial charge >= 0.3 is 0 Å². The maximum Gasteiger partial charge on any atom is 0.279 e. The van der Waals surface area contributed by atoms with Crippen molar-refractivity contribution in [3.63, 3.8) is 0 Å². The quantitative estimate of drug-likeness (QED) is 0.749. The Morgan fingerprint density at radius 1 is 1.25 bits per heavy atom. The van der Waals surface area contributed by atoms with Crippen molar-refractivity contribution in [2.24, 2.45) is 11.7 Å². The third-order valence-corrected chi connectivity index (χ3v) is 5.51. The summed E-state index contributed by atoms with van der Waals surface area (Å²) in [5.41, 5.74) is 5.66. The minimum Gasteiger partial charge on any atom is -0.329 e. The van der Waals surface area contributed by atoms with E-state index in [1.54, 1.807) is 7.05 Å². The van der Waals surface area contributed by atoms with E-state index in [9.17, 15) is 8.42 Å². The molecule has 0 aliphatic heterocycles. The van der Waals surface area contributed by atoms with Crippen LogP contribution in [-0.4, -0.2) is 38.4 Å². The van der Waals surface area contributed by atoms with E-state index in [1.165, 1.54) is 10.7 Å². The number of halogens is 1. The molecule has 1 rings (SSSR count). The lowest BCUT2D eigenvalue weighted by Gasteiger charge is -2.32. The molecule has 122 valence electrons. The van der Waals surface area contributed by atoms with Gasteiger partial charge in [0.25, 0.3) is 10.2 Å². The molecule has 1 fully saturated rings. The van der Waals surface area contributed by atoms with Gasteiger partial charge in [-0.15, -0.1) is 12.4 Å². The monoisotopic (exact) mass is 327 g/mol. The minimum atomic E-state index is -3.41. The van der Waals surface area contributed by atoms with Crippen molar-refractivity contribution in [1.29, 1.82) is 0 Å². The van der Waals surface area contributed by atoms with Gasteiger partial charge < -0.3 is 5.73 Å². The Morgan fingerprint density at radius 3 is 2.25 bits per heavy atom. The number of hydrogen-bond acceptors (Lipinski definition) is 3. The Kier molecular flexibility index (Phi) is 9.26. The van der Waals surface area contributed by atoms with E-state index in [0.717, 1.165) is 32.1 Å². The van der Waals surface area contributed by atoms with Crippen LogP contribution in [-0.2, 0) is 10.2 Å². The van der Waals surface area contributed by atoms with Crippen molar-refractivity contribution in [2.75, 3.05) is 13.6 Å². The first-order chi connectivity index (χ1) is 8.86. The number of nitrogens with one attached hydrogen (secondary N) is 1. The van der Waals surface area contributed by atoms with E-state index in [2.05, 4.69) is 18.6 Å². The summed E-state index contributed by atoms with van der Waals surface area (Å²) in [5, 5.41) is 0. The molecule has 1 saturated carbocycles. The molecule has 0 bridgehead atoms. The normalized spacial score (nSPS) is 19.1. The molecule has 1 unspecified atom stereocenters. The van der Waals surface area contributed by atoms with Crippen LogP contribution in [0, 0.1) is 5.92 Å². The highest BCUT2D eigenvalue weighted by Gasteiger charge is 2.29. The maximum absolute atomic E-state index is 12.3. The van der Waals surface area contributed by atoms with Crippen LogP contribution in [0.4, 0.5) is 0 Å². The molecule has 1 aliphatic rings. The minimum absolute atomic E-state index is 0. The molecular formula is C13H30ClN3O2S. The van der Waals surface area contributed by atoms with Crippen molar-refractivity contribution in [3.8, 4) is 0 Å². The molecule has 0 aromatic carbocycles. The van der Waals surface area contributed by atoms with Gasteiger partial charge in [0.2, 0.25) is 0 Å². The standard InChI is InChI=1S/C13H29N3O2S.ClH/c1-11(2)9-12(10-14)15-19(17,18)16(3)13-7-5-4-6-8-13;/h11-13,15H,4-10,14H2,1-3H3;1H. The second kappa shape index (κ2) is 9.20. The van der Waals surface area contributed by atoms with E-state index < -0.39 is 10.2 Å². The Hall–Kier alpha value is 0.120. The van der Waals surface area contributed by atoms with E-state index in [4.69, 9.17) is 5.73 Å². The summed E-state index contributed by atoms with van der Waals surface area (Å²) >= 11 is 0.